The molecular formula is C15H26N2O4. The van der Waals surface area contributed by atoms with Gasteiger partial charge in [-0.1, -0.05) is 13.8 Å². The SMILES string of the molecule is CC(C)(CC(=O)O)CC(=O)N1CCC(N2CCOCC2)C1. The summed E-state index contributed by atoms with van der Waals surface area (Å²) in [6, 6.07) is 0.431. The van der Waals surface area contributed by atoms with E-state index in [0.29, 0.717) is 12.5 Å². The van der Waals surface area contributed by atoms with E-state index in [-0.39, 0.29) is 12.3 Å². The van der Waals surface area contributed by atoms with Gasteiger partial charge in [-0.2, -0.15) is 0 Å². The number of carboxylic acid groups (broad SMARTS) is 1. The van der Waals surface area contributed by atoms with E-state index in [4.69, 9.17) is 9.84 Å². The number of likely N-dealkylation sites (tertiary alicyclic amines) is 1. The summed E-state index contributed by atoms with van der Waals surface area (Å²) in [6.45, 7) is 8.66. The van der Waals surface area contributed by atoms with Crippen LogP contribution in [0.15, 0.2) is 0 Å². The molecule has 120 valence electrons. The molecule has 2 aliphatic rings. The van der Waals surface area contributed by atoms with Gasteiger partial charge in [0, 0.05) is 38.6 Å². The molecule has 2 saturated heterocycles. The number of ether oxygens (including phenoxy) is 1. The molecule has 6 heteroatoms. The average Bonchev–Trinajstić information content (AvgIpc) is 2.87. The van der Waals surface area contributed by atoms with Crippen LogP contribution in [0.4, 0.5) is 0 Å². The maximum absolute atomic E-state index is 12.4. The van der Waals surface area contributed by atoms with E-state index >= 15 is 0 Å². The molecule has 1 unspecified atom stereocenters. The standard InChI is InChI=1S/C15H26N2O4/c1-15(2,10-14(19)20)9-13(18)17-4-3-12(11-17)16-5-7-21-8-6-16/h12H,3-11H2,1-2H3,(H,19,20). The molecule has 0 bridgehead atoms. The Morgan fingerprint density at radius 3 is 2.48 bits per heavy atom. The van der Waals surface area contributed by atoms with Gasteiger partial charge in [0.15, 0.2) is 0 Å². The van der Waals surface area contributed by atoms with Crippen LogP contribution < -0.4 is 0 Å². The molecule has 2 fully saturated rings. The van der Waals surface area contributed by atoms with Gasteiger partial charge in [-0.05, 0) is 11.8 Å². The van der Waals surface area contributed by atoms with Crippen LogP contribution in [0.3, 0.4) is 0 Å². The molecule has 0 aromatic rings. The fourth-order valence-electron chi connectivity index (χ4n) is 3.20. The van der Waals surface area contributed by atoms with Crippen molar-refractivity contribution in [1.82, 2.24) is 9.80 Å². The largest absolute Gasteiger partial charge is 0.481 e. The lowest BCUT2D eigenvalue weighted by Crippen LogP contribution is -2.45. The topological polar surface area (TPSA) is 70.1 Å². The van der Waals surface area contributed by atoms with Crippen LogP contribution in [-0.2, 0) is 14.3 Å². The van der Waals surface area contributed by atoms with Crippen molar-refractivity contribution in [3.05, 3.63) is 0 Å². The molecule has 0 radical (unpaired) electrons. The number of nitrogens with zero attached hydrogens (tertiary/aromatic N) is 2. The zero-order valence-corrected chi connectivity index (χ0v) is 13.0. The Labute approximate surface area is 126 Å². The lowest BCUT2D eigenvalue weighted by atomic mass is 9.85. The van der Waals surface area contributed by atoms with Crippen LogP contribution in [0.25, 0.3) is 0 Å². The number of aliphatic carboxylic acids is 1. The minimum Gasteiger partial charge on any atom is -0.481 e. The molecule has 1 atom stereocenters. The maximum atomic E-state index is 12.4. The highest BCUT2D eigenvalue weighted by Crippen LogP contribution is 2.27. The van der Waals surface area contributed by atoms with Crippen LogP contribution in [0.2, 0.25) is 0 Å². The second-order valence-corrected chi connectivity index (χ2v) is 6.84. The number of carbonyl (C=O) groups is 2. The van der Waals surface area contributed by atoms with Gasteiger partial charge in [0.1, 0.15) is 0 Å². The average molecular weight is 298 g/mol. The van der Waals surface area contributed by atoms with Gasteiger partial charge in [-0.15, -0.1) is 0 Å². The minimum absolute atomic E-state index is 0.0273. The Hall–Kier alpha value is -1.14. The van der Waals surface area contributed by atoms with Crippen molar-refractivity contribution in [2.24, 2.45) is 5.41 Å². The molecule has 2 aliphatic heterocycles. The molecule has 2 heterocycles. The summed E-state index contributed by atoms with van der Waals surface area (Å²) in [6.07, 6.45) is 1.33. The van der Waals surface area contributed by atoms with Crippen molar-refractivity contribution in [3.8, 4) is 0 Å². The van der Waals surface area contributed by atoms with Gasteiger partial charge in [0.25, 0.3) is 0 Å². The van der Waals surface area contributed by atoms with Gasteiger partial charge >= 0.3 is 5.97 Å². The van der Waals surface area contributed by atoms with Gasteiger partial charge in [0.2, 0.25) is 5.91 Å². The first-order valence-corrected chi connectivity index (χ1v) is 7.69. The summed E-state index contributed by atoms with van der Waals surface area (Å²) in [7, 11) is 0. The van der Waals surface area contributed by atoms with Crippen LogP contribution in [0, 0.1) is 5.41 Å². The predicted molar refractivity (Wildman–Crippen MR) is 78.0 cm³/mol. The predicted octanol–water partition coefficient (Wildman–Crippen LogP) is 0.811. The molecule has 0 saturated carbocycles. The van der Waals surface area contributed by atoms with Crippen molar-refractivity contribution in [3.63, 3.8) is 0 Å². The highest BCUT2D eigenvalue weighted by Gasteiger charge is 2.34. The summed E-state index contributed by atoms with van der Waals surface area (Å²) >= 11 is 0. The summed E-state index contributed by atoms with van der Waals surface area (Å²) in [5.74, 6) is -0.766. The second kappa shape index (κ2) is 6.75. The number of rotatable bonds is 5. The first-order chi connectivity index (χ1) is 9.87. The Balaban J connectivity index is 1.82. The first-order valence-electron chi connectivity index (χ1n) is 7.69. The summed E-state index contributed by atoms with van der Waals surface area (Å²) in [4.78, 5) is 27.5. The Morgan fingerprint density at radius 1 is 1.19 bits per heavy atom. The third-order valence-corrected chi connectivity index (χ3v) is 4.34. The number of carbonyl (C=O) groups excluding carboxylic acids is 1. The van der Waals surface area contributed by atoms with Crippen molar-refractivity contribution in [2.75, 3.05) is 39.4 Å². The molecule has 0 aliphatic carbocycles. The molecule has 1 amide bonds. The maximum Gasteiger partial charge on any atom is 0.303 e. The summed E-state index contributed by atoms with van der Waals surface area (Å²) in [5, 5.41) is 8.90. The third kappa shape index (κ3) is 4.68. The molecule has 0 spiro atoms. The lowest BCUT2D eigenvalue weighted by Gasteiger charge is -2.32. The van der Waals surface area contributed by atoms with E-state index in [1.807, 2.05) is 18.7 Å². The quantitative estimate of drug-likeness (QED) is 0.813. The summed E-state index contributed by atoms with van der Waals surface area (Å²) in [5.41, 5.74) is -0.486. The molecule has 2 rings (SSSR count). The van der Waals surface area contributed by atoms with Crippen LogP contribution in [-0.4, -0.2) is 72.2 Å². The zero-order valence-electron chi connectivity index (χ0n) is 13.0. The van der Waals surface area contributed by atoms with Crippen molar-refractivity contribution < 1.29 is 19.4 Å². The zero-order chi connectivity index (χ0) is 15.5. The monoisotopic (exact) mass is 298 g/mol. The van der Waals surface area contributed by atoms with E-state index in [1.165, 1.54) is 0 Å². The Morgan fingerprint density at radius 2 is 1.86 bits per heavy atom. The van der Waals surface area contributed by atoms with Crippen molar-refractivity contribution >= 4 is 11.9 Å². The van der Waals surface area contributed by atoms with Crippen LogP contribution >= 0.6 is 0 Å². The molecule has 21 heavy (non-hydrogen) atoms. The number of hydrogen-bond donors (Lipinski definition) is 1. The number of amides is 1. The van der Waals surface area contributed by atoms with E-state index in [9.17, 15) is 9.59 Å². The van der Waals surface area contributed by atoms with Gasteiger partial charge in [0.05, 0.1) is 19.6 Å². The van der Waals surface area contributed by atoms with Gasteiger partial charge in [-0.25, -0.2) is 0 Å². The number of carboxylic acids is 1. The highest BCUT2D eigenvalue weighted by atomic mass is 16.5. The van der Waals surface area contributed by atoms with Gasteiger partial charge in [-0.3, -0.25) is 14.5 Å². The fraction of sp³-hybridized carbons (Fsp3) is 0.867. The number of hydrogen-bond acceptors (Lipinski definition) is 4. The van der Waals surface area contributed by atoms with Crippen LogP contribution in [0.5, 0.6) is 0 Å². The highest BCUT2D eigenvalue weighted by molar-refractivity contribution is 5.78. The van der Waals surface area contributed by atoms with E-state index in [2.05, 4.69) is 4.90 Å². The first kappa shape index (κ1) is 16.2. The summed E-state index contributed by atoms with van der Waals surface area (Å²) < 4.78 is 5.36. The van der Waals surface area contributed by atoms with Crippen molar-refractivity contribution in [1.29, 1.82) is 0 Å². The lowest BCUT2D eigenvalue weighted by molar-refractivity contribution is -0.140. The fourth-order valence-corrected chi connectivity index (χ4v) is 3.20. The molecule has 6 nitrogen and oxygen atoms in total. The van der Waals surface area contributed by atoms with E-state index in [0.717, 1.165) is 45.8 Å². The molecule has 0 aromatic carbocycles. The molecule has 1 N–H and O–H groups in total. The van der Waals surface area contributed by atoms with Crippen LogP contribution in [0.1, 0.15) is 33.1 Å². The molecular weight excluding hydrogens is 272 g/mol. The van der Waals surface area contributed by atoms with E-state index in [1.54, 1.807) is 0 Å². The van der Waals surface area contributed by atoms with Gasteiger partial charge < -0.3 is 14.7 Å². The molecule has 0 aromatic heterocycles. The Kier molecular flexibility index (Phi) is 5.22. The normalized spacial score (nSPS) is 24.3. The smallest absolute Gasteiger partial charge is 0.303 e. The third-order valence-electron chi connectivity index (χ3n) is 4.34. The minimum atomic E-state index is -0.847. The Bertz CT molecular complexity index is 391. The van der Waals surface area contributed by atoms with Crippen molar-refractivity contribution in [2.45, 2.75) is 39.2 Å². The second-order valence-electron chi connectivity index (χ2n) is 6.84. The van der Waals surface area contributed by atoms with E-state index < -0.39 is 11.4 Å². The number of morpholine rings is 1.